The highest BCUT2D eigenvalue weighted by atomic mass is 32.2. The summed E-state index contributed by atoms with van der Waals surface area (Å²) in [6.07, 6.45) is 1.95. The van der Waals surface area contributed by atoms with Crippen LogP contribution >= 0.6 is 0 Å². The molecule has 1 aliphatic rings. The molecule has 122 valence electrons. The molecule has 0 aromatic heterocycles. The third kappa shape index (κ3) is 3.89. The Labute approximate surface area is 136 Å². The van der Waals surface area contributed by atoms with Crippen LogP contribution in [0.5, 0.6) is 0 Å². The van der Waals surface area contributed by atoms with E-state index in [1.165, 1.54) is 16.3 Å². The van der Waals surface area contributed by atoms with Crippen LogP contribution in [0.4, 0.5) is 0 Å². The second-order valence-corrected chi connectivity index (χ2v) is 7.81. The maximum Gasteiger partial charge on any atom is 0.223 e. The lowest BCUT2D eigenvalue weighted by Gasteiger charge is -2.07. The number of sulfonamides is 1. The fourth-order valence-corrected chi connectivity index (χ4v) is 3.43. The molecular weight excluding hydrogens is 312 g/mol. The fraction of sp³-hybridized carbons (Fsp3) is 0.353. The average Bonchev–Trinajstić information content (AvgIpc) is 3.30. The normalized spacial score (nSPS) is 20.4. The number of rotatable bonds is 6. The Balaban J connectivity index is 1.59. The largest absolute Gasteiger partial charge is 0.355 e. The molecule has 1 aliphatic carbocycles. The van der Waals surface area contributed by atoms with E-state index < -0.39 is 10.0 Å². The van der Waals surface area contributed by atoms with Crippen LogP contribution in [0.2, 0.25) is 0 Å². The second kappa shape index (κ2) is 6.29. The van der Waals surface area contributed by atoms with Gasteiger partial charge in [0.1, 0.15) is 0 Å². The fourth-order valence-electron chi connectivity index (χ4n) is 2.96. The standard InChI is InChI=1S/C17H20N2O3S/c1-23(21,22)19-10-9-18-17(20)16-11-15(16)14-8-4-6-12-5-2-3-7-13(12)14/h2-8,15-16,19H,9-11H2,1H3,(H,18,20). The van der Waals surface area contributed by atoms with E-state index in [1.54, 1.807) is 0 Å². The van der Waals surface area contributed by atoms with E-state index in [0.29, 0.717) is 6.54 Å². The van der Waals surface area contributed by atoms with Gasteiger partial charge < -0.3 is 5.32 Å². The number of fused-ring (bicyclic) bond motifs is 1. The van der Waals surface area contributed by atoms with Gasteiger partial charge in [-0.15, -0.1) is 0 Å². The summed E-state index contributed by atoms with van der Waals surface area (Å²) in [5.41, 5.74) is 1.22. The Kier molecular flexibility index (Phi) is 4.37. The van der Waals surface area contributed by atoms with Gasteiger partial charge in [-0.25, -0.2) is 13.1 Å². The first-order valence-corrected chi connectivity index (χ1v) is 9.55. The maximum absolute atomic E-state index is 12.2. The first kappa shape index (κ1) is 16.0. The number of hydrogen-bond donors (Lipinski definition) is 2. The lowest BCUT2D eigenvalue weighted by Crippen LogP contribution is -2.35. The molecule has 1 fully saturated rings. The topological polar surface area (TPSA) is 75.3 Å². The molecule has 5 nitrogen and oxygen atoms in total. The van der Waals surface area contributed by atoms with Gasteiger partial charge in [0, 0.05) is 19.0 Å². The van der Waals surface area contributed by atoms with Crippen LogP contribution in [0.25, 0.3) is 10.8 Å². The number of carbonyl (C=O) groups is 1. The summed E-state index contributed by atoms with van der Waals surface area (Å²) in [5.74, 6) is 0.237. The molecule has 6 heteroatoms. The zero-order chi connectivity index (χ0) is 16.4. The second-order valence-electron chi connectivity index (χ2n) is 5.97. The minimum Gasteiger partial charge on any atom is -0.355 e. The molecule has 0 spiro atoms. The van der Waals surface area contributed by atoms with Crippen molar-refractivity contribution in [2.45, 2.75) is 12.3 Å². The highest BCUT2D eigenvalue weighted by Crippen LogP contribution is 2.49. The van der Waals surface area contributed by atoms with Crippen molar-refractivity contribution < 1.29 is 13.2 Å². The zero-order valence-corrected chi connectivity index (χ0v) is 13.8. The van der Waals surface area contributed by atoms with Crippen molar-refractivity contribution in [2.75, 3.05) is 19.3 Å². The Bertz CT molecular complexity index is 827. The van der Waals surface area contributed by atoms with Crippen LogP contribution in [0.3, 0.4) is 0 Å². The van der Waals surface area contributed by atoms with Gasteiger partial charge in [-0.1, -0.05) is 42.5 Å². The average molecular weight is 332 g/mol. The lowest BCUT2D eigenvalue weighted by atomic mass is 10.00. The van der Waals surface area contributed by atoms with Gasteiger partial charge >= 0.3 is 0 Å². The summed E-state index contributed by atoms with van der Waals surface area (Å²) in [5, 5.41) is 5.19. The van der Waals surface area contributed by atoms with E-state index in [4.69, 9.17) is 0 Å². The van der Waals surface area contributed by atoms with E-state index in [2.05, 4.69) is 34.3 Å². The highest BCUT2D eigenvalue weighted by Gasteiger charge is 2.44. The molecule has 1 amide bonds. The van der Waals surface area contributed by atoms with Gasteiger partial charge in [-0.05, 0) is 28.7 Å². The van der Waals surface area contributed by atoms with Crippen molar-refractivity contribution in [3.05, 3.63) is 48.0 Å². The van der Waals surface area contributed by atoms with Crippen molar-refractivity contribution in [2.24, 2.45) is 5.92 Å². The van der Waals surface area contributed by atoms with Gasteiger partial charge in [-0.3, -0.25) is 4.79 Å². The van der Waals surface area contributed by atoms with E-state index in [0.717, 1.165) is 12.7 Å². The summed E-state index contributed by atoms with van der Waals surface area (Å²) < 4.78 is 24.3. The van der Waals surface area contributed by atoms with Gasteiger partial charge in [0.2, 0.25) is 15.9 Å². The van der Waals surface area contributed by atoms with Crippen molar-refractivity contribution in [3.63, 3.8) is 0 Å². The van der Waals surface area contributed by atoms with Gasteiger partial charge in [0.25, 0.3) is 0 Å². The lowest BCUT2D eigenvalue weighted by molar-refractivity contribution is -0.122. The molecule has 0 saturated heterocycles. The van der Waals surface area contributed by atoms with Crippen LogP contribution in [-0.2, 0) is 14.8 Å². The molecule has 1 saturated carbocycles. The maximum atomic E-state index is 12.2. The number of carbonyl (C=O) groups excluding carboxylic acids is 1. The molecule has 0 heterocycles. The zero-order valence-electron chi connectivity index (χ0n) is 13.0. The van der Waals surface area contributed by atoms with Gasteiger partial charge in [0.05, 0.1) is 6.26 Å². The molecule has 0 bridgehead atoms. The monoisotopic (exact) mass is 332 g/mol. The van der Waals surface area contributed by atoms with E-state index >= 15 is 0 Å². The Morgan fingerprint density at radius 2 is 1.87 bits per heavy atom. The summed E-state index contributed by atoms with van der Waals surface area (Å²) in [6.45, 7) is 0.529. The van der Waals surface area contributed by atoms with Crippen molar-refractivity contribution in [1.29, 1.82) is 0 Å². The molecule has 2 N–H and O–H groups in total. The van der Waals surface area contributed by atoms with Crippen molar-refractivity contribution in [3.8, 4) is 0 Å². The van der Waals surface area contributed by atoms with Gasteiger partial charge in [-0.2, -0.15) is 0 Å². The molecule has 3 rings (SSSR count). The summed E-state index contributed by atoms with van der Waals surface area (Å²) in [4.78, 5) is 12.2. The first-order valence-electron chi connectivity index (χ1n) is 7.66. The SMILES string of the molecule is CS(=O)(=O)NCCNC(=O)C1CC1c1cccc2ccccc12. The molecule has 23 heavy (non-hydrogen) atoms. The Morgan fingerprint density at radius 3 is 2.65 bits per heavy atom. The molecule has 2 aromatic carbocycles. The first-order chi connectivity index (χ1) is 11.0. The third-order valence-corrected chi connectivity index (χ3v) is 4.87. The predicted molar refractivity (Wildman–Crippen MR) is 90.7 cm³/mol. The molecule has 0 radical (unpaired) electrons. The molecule has 2 aromatic rings. The van der Waals surface area contributed by atoms with Crippen molar-refractivity contribution in [1.82, 2.24) is 10.0 Å². The predicted octanol–water partition coefficient (Wildman–Crippen LogP) is 1.61. The van der Waals surface area contributed by atoms with Gasteiger partial charge in [0.15, 0.2) is 0 Å². The molecule has 0 aliphatic heterocycles. The van der Waals surface area contributed by atoms with Crippen LogP contribution in [0.15, 0.2) is 42.5 Å². The van der Waals surface area contributed by atoms with Crippen molar-refractivity contribution >= 4 is 26.7 Å². The smallest absolute Gasteiger partial charge is 0.223 e. The number of nitrogens with one attached hydrogen (secondary N) is 2. The highest BCUT2D eigenvalue weighted by molar-refractivity contribution is 7.88. The van der Waals surface area contributed by atoms with Crippen LogP contribution in [-0.4, -0.2) is 33.7 Å². The summed E-state index contributed by atoms with van der Waals surface area (Å²) in [7, 11) is -3.21. The van der Waals surface area contributed by atoms with E-state index in [1.807, 2.05) is 18.2 Å². The number of amides is 1. The molecular formula is C17H20N2O3S. The summed E-state index contributed by atoms with van der Waals surface area (Å²) in [6, 6.07) is 14.4. The van der Waals surface area contributed by atoms with E-state index in [9.17, 15) is 13.2 Å². The van der Waals surface area contributed by atoms with Crippen LogP contribution < -0.4 is 10.0 Å². The Morgan fingerprint density at radius 1 is 1.13 bits per heavy atom. The molecule has 2 unspecified atom stereocenters. The minimum absolute atomic E-state index is 0.00163. The van der Waals surface area contributed by atoms with E-state index in [-0.39, 0.29) is 24.3 Å². The summed E-state index contributed by atoms with van der Waals surface area (Å²) >= 11 is 0. The van der Waals surface area contributed by atoms with Crippen LogP contribution in [0.1, 0.15) is 17.9 Å². The minimum atomic E-state index is -3.21. The van der Waals surface area contributed by atoms with Crippen LogP contribution in [0, 0.1) is 5.92 Å². The molecule has 2 atom stereocenters. The number of hydrogen-bond acceptors (Lipinski definition) is 3. The third-order valence-electron chi connectivity index (χ3n) is 4.14. The Hall–Kier alpha value is -1.92. The quantitative estimate of drug-likeness (QED) is 0.789. The number of benzene rings is 2.